The molecular formula is C27H24N2O5. The topological polar surface area (TPSA) is 81.9 Å². The molecule has 1 aliphatic rings. The molecule has 1 unspecified atom stereocenters. The molecule has 0 radical (unpaired) electrons. The molecule has 7 heteroatoms. The molecule has 0 fully saturated rings. The number of carbonyl (C=O) groups excluding carboxylic acids is 1. The number of benzene rings is 2. The lowest BCUT2D eigenvalue weighted by atomic mass is 9.98. The number of anilines is 1. The number of pyridine rings is 1. The van der Waals surface area contributed by atoms with Gasteiger partial charge >= 0.3 is 0 Å². The number of para-hydroxylation sites is 1. The van der Waals surface area contributed by atoms with Crippen LogP contribution < -0.4 is 19.8 Å². The van der Waals surface area contributed by atoms with Gasteiger partial charge in [0.2, 0.25) is 5.76 Å². The van der Waals surface area contributed by atoms with Crippen LogP contribution in [0.4, 0.5) is 5.82 Å². The molecule has 2 aromatic heterocycles. The van der Waals surface area contributed by atoms with E-state index in [-0.39, 0.29) is 11.2 Å². The van der Waals surface area contributed by atoms with Crippen LogP contribution in [0, 0.1) is 6.92 Å². The third-order valence-electron chi connectivity index (χ3n) is 5.81. The first kappa shape index (κ1) is 21.7. The van der Waals surface area contributed by atoms with Crippen LogP contribution in [-0.2, 0) is 0 Å². The van der Waals surface area contributed by atoms with E-state index in [0.717, 1.165) is 5.56 Å². The van der Waals surface area contributed by atoms with Gasteiger partial charge in [-0.15, -0.1) is 0 Å². The number of hydrogen-bond acceptors (Lipinski definition) is 6. The highest BCUT2D eigenvalue weighted by molar-refractivity contribution is 6.10. The standard InChI is InChI=1S/C27H24N2O5/c1-4-32-20-11-10-17(15-21(20)33-5-2)24-23-25(30)18-8-6-7-9-19(18)34-26(23)27(31)29(24)22-14-16(3)12-13-28-22/h6-15,24H,4-5H2,1-3H3. The van der Waals surface area contributed by atoms with Gasteiger partial charge in [-0.2, -0.15) is 0 Å². The molecule has 0 saturated heterocycles. The van der Waals surface area contributed by atoms with E-state index in [1.165, 1.54) is 4.90 Å². The van der Waals surface area contributed by atoms with Crippen molar-refractivity contribution in [2.75, 3.05) is 18.1 Å². The summed E-state index contributed by atoms with van der Waals surface area (Å²) in [6.07, 6.45) is 1.65. The largest absolute Gasteiger partial charge is 0.490 e. The van der Waals surface area contributed by atoms with Gasteiger partial charge < -0.3 is 13.9 Å². The minimum absolute atomic E-state index is 0.0313. The fraction of sp³-hybridized carbons (Fsp3) is 0.222. The van der Waals surface area contributed by atoms with Crippen molar-refractivity contribution >= 4 is 22.7 Å². The highest BCUT2D eigenvalue weighted by Crippen LogP contribution is 2.42. The number of ether oxygens (including phenoxy) is 2. The average Bonchev–Trinajstić information content (AvgIpc) is 3.13. The van der Waals surface area contributed by atoms with E-state index in [9.17, 15) is 9.59 Å². The lowest BCUT2D eigenvalue weighted by Crippen LogP contribution is -2.30. The summed E-state index contributed by atoms with van der Waals surface area (Å²) in [7, 11) is 0. The number of carbonyl (C=O) groups is 1. The van der Waals surface area contributed by atoms with Crippen LogP contribution in [0.3, 0.4) is 0 Å². The zero-order valence-electron chi connectivity index (χ0n) is 19.2. The van der Waals surface area contributed by atoms with Crippen molar-refractivity contribution < 1.29 is 18.7 Å². The summed E-state index contributed by atoms with van der Waals surface area (Å²) in [6.45, 7) is 6.64. The number of aromatic nitrogens is 1. The number of nitrogens with zero attached hydrogens (tertiary/aromatic N) is 2. The molecule has 0 aliphatic carbocycles. The summed E-state index contributed by atoms with van der Waals surface area (Å²) in [6, 6.07) is 15.4. The lowest BCUT2D eigenvalue weighted by Gasteiger charge is -2.25. The van der Waals surface area contributed by atoms with Gasteiger partial charge in [0.1, 0.15) is 11.4 Å². The van der Waals surface area contributed by atoms with Gasteiger partial charge in [0, 0.05) is 6.20 Å². The Bertz CT molecular complexity index is 1460. The molecule has 1 amide bonds. The Kier molecular flexibility index (Phi) is 5.53. The second kappa shape index (κ2) is 8.67. The molecule has 172 valence electrons. The number of fused-ring (bicyclic) bond motifs is 2. The molecule has 0 N–H and O–H groups in total. The summed E-state index contributed by atoms with van der Waals surface area (Å²) in [5.41, 5.74) is 2.07. The molecule has 1 aliphatic heterocycles. The van der Waals surface area contributed by atoms with Crippen molar-refractivity contribution in [2.45, 2.75) is 26.8 Å². The first-order chi connectivity index (χ1) is 16.5. The third-order valence-corrected chi connectivity index (χ3v) is 5.81. The number of rotatable bonds is 6. The Morgan fingerprint density at radius 2 is 1.74 bits per heavy atom. The fourth-order valence-corrected chi connectivity index (χ4v) is 4.36. The van der Waals surface area contributed by atoms with Crippen molar-refractivity contribution in [1.29, 1.82) is 0 Å². The molecule has 1 atom stereocenters. The van der Waals surface area contributed by atoms with E-state index in [0.29, 0.717) is 52.6 Å². The van der Waals surface area contributed by atoms with Crippen LogP contribution >= 0.6 is 0 Å². The highest BCUT2D eigenvalue weighted by atomic mass is 16.5. The summed E-state index contributed by atoms with van der Waals surface area (Å²) in [4.78, 5) is 33.3. The van der Waals surface area contributed by atoms with Crippen molar-refractivity contribution in [3.8, 4) is 11.5 Å². The van der Waals surface area contributed by atoms with E-state index in [1.54, 1.807) is 36.5 Å². The number of amides is 1. The van der Waals surface area contributed by atoms with Gasteiger partial charge in [-0.3, -0.25) is 14.5 Å². The molecule has 3 heterocycles. The van der Waals surface area contributed by atoms with Crippen LogP contribution in [0.5, 0.6) is 11.5 Å². The first-order valence-corrected chi connectivity index (χ1v) is 11.2. The minimum Gasteiger partial charge on any atom is -0.490 e. The Morgan fingerprint density at radius 3 is 2.50 bits per heavy atom. The van der Waals surface area contributed by atoms with Gasteiger partial charge in [0.15, 0.2) is 16.9 Å². The van der Waals surface area contributed by atoms with E-state index in [1.807, 2.05) is 45.0 Å². The van der Waals surface area contributed by atoms with Gasteiger partial charge in [0.25, 0.3) is 5.91 Å². The van der Waals surface area contributed by atoms with E-state index >= 15 is 0 Å². The summed E-state index contributed by atoms with van der Waals surface area (Å²) >= 11 is 0. The van der Waals surface area contributed by atoms with Crippen molar-refractivity contribution in [3.05, 3.63) is 93.5 Å². The molecule has 0 spiro atoms. The summed E-state index contributed by atoms with van der Waals surface area (Å²) in [5.74, 6) is 1.21. The lowest BCUT2D eigenvalue weighted by molar-refractivity contribution is 0.0970. The Balaban J connectivity index is 1.78. The molecule has 4 aromatic rings. The first-order valence-electron chi connectivity index (χ1n) is 11.2. The quantitative estimate of drug-likeness (QED) is 0.404. The van der Waals surface area contributed by atoms with Crippen LogP contribution in [-0.4, -0.2) is 24.1 Å². The smallest absolute Gasteiger partial charge is 0.296 e. The van der Waals surface area contributed by atoms with Crippen LogP contribution in [0.1, 0.15) is 47.1 Å². The molecule has 7 nitrogen and oxygen atoms in total. The van der Waals surface area contributed by atoms with Gasteiger partial charge in [-0.05, 0) is 68.3 Å². The highest BCUT2D eigenvalue weighted by Gasteiger charge is 2.44. The van der Waals surface area contributed by atoms with Crippen molar-refractivity contribution in [1.82, 2.24) is 4.98 Å². The fourth-order valence-electron chi connectivity index (χ4n) is 4.36. The third kappa shape index (κ3) is 3.50. The number of aryl methyl sites for hydroxylation is 1. The molecule has 34 heavy (non-hydrogen) atoms. The number of hydrogen-bond donors (Lipinski definition) is 0. The summed E-state index contributed by atoms with van der Waals surface area (Å²) in [5, 5.41) is 0.425. The van der Waals surface area contributed by atoms with Crippen LogP contribution in [0.2, 0.25) is 0 Å². The predicted octanol–water partition coefficient (Wildman–Crippen LogP) is 5.04. The van der Waals surface area contributed by atoms with Gasteiger partial charge in [0.05, 0.1) is 30.2 Å². The zero-order chi connectivity index (χ0) is 23.8. The predicted molar refractivity (Wildman–Crippen MR) is 129 cm³/mol. The van der Waals surface area contributed by atoms with E-state index in [4.69, 9.17) is 13.9 Å². The Hall–Kier alpha value is -4.13. The van der Waals surface area contributed by atoms with Crippen LogP contribution in [0.15, 0.2) is 70.0 Å². The summed E-state index contributed by atoms with van der Waals surface area (Å²) < 4.78 is 17.5. The normalized spacial score (nSPS) is 15.0. The SMILES string of the molecule is CCOc1ccc(C2c3c(oc4ccccc4c3=O)C(=O)N2c2cc(C)ccn2)cc1OCC. The maximum atomic E-state index is 13.7. The zero-order valence-corrected chi connectivity index (χ0v) is 19.2. The van der Waals surface area contributed by atoms with Crippen molar-refractivity contribution in [2.24, 2.45) is 0 Å². The average molecular weight is 456 g/mol. The van der Waals surface area contributed by atoms with Gasteiger partial charge in [-0.25, -0.2) is 4.98 Å². The monoisotopic (exact) mass is 456 g/mol. The Morgan fingerprint density at radius 1 is 0.971 bits per heavy atom. The van der Waals surface area contributed by atoms with E-state index < -0.39 is 11.9 Å². The van der Waals surface area contributed by atoms with Crippen molar-refractivity contribution in [3.63, 3.8) is 0 Å². The maximum Gasteiger partial charge on any atom is 0.296 e. The molecule has 0 saturated carbocycles. The molecular weight excluding hydrogens is 432 g/mol. The molecule has 5 rings (SSSR count). The Labute approximate surface area is 196 Å². The maximum absolute atomic E-state index is 13.7. The minimum atomic E-state index is -0.729. The molecule has 2 aromatic carbocycles. The second-order valence-electron chi connectivity index (χ2n) is 8.01. The second-order valence-corrected chi connectivity index (χ2v) is 8.01. The van der Waals surface area contributed by atoms with Gasteiger partial charge in [-0.1, -0.05) is 18.2 Å². The van der Waals surface area contributed by atoms with Crippen LogP contribution in [0.25, 0.3) is 11.0 Å². The molecule has 0 bridgehead atoms. The van der Waals surface area contributed by atoms with E-state index in [2.05, 4.69) is 4.98 Å².